The van der Waals surface area contributed by atoms with E-state index in [1.807, 2.05) is 0 Å². The fourth-order valence-electron chi connectivity index (χ4n) is 12.3. The molecule has 0 bridgehead atoms. The number of hydrogen-bond acceptors (Lipinski definition) is 21. The zero-order valence-corrected chi connectivity index (χ0v) is 64.5. The van der Waals surface area contributed by atoms with E-state index in [-0.39, 0.29) is 50.8 Å². The van der Waals surface area contributed by atoms with Gasteiger partial charge in [0.05, 0.1) is 31.1 Å². The van der Waals surface area contributed by atoms with Crippen LogP contribution < -0.4 is 91.6 Å². The first kappa shape index (κ1) is 89.5. The number of carbonyl (C=O) groups excluding carboxylic acids is 15. The maximum atomic E-state index is 15.2. The van der Waals surface area contributed by atoms with Gasteiger partial charge in [-0.3, -0.25) is 82.1 Å². The number of carbonyl (C=O) groups is 16. The first-order chi connectivity index (χ1) is 53.0. The van der Waals surface area contributed by atoms with Crippen LogP contribution in [-0.4, -0.2) is 229 Å². The van der Waals surface area contributed by atoms with Crippen molar-refractivity contribution in [3.8, 4) is 0 Å². The van der Waals surface area contributed by atoms with Crippen molar-refractivity contribution in [2.24, 2.45) is 35.0 Å². The maximum absolute atomic E-state index is 15.2. The van der Waals surface area contributed by atoms with Crippen LogP contribution >= 0.6 is 21.6 Å². The monoisotopic (exact) mass is 1600 g/mol. The first-order valence-electron chi connectivity index (χ1n) is 36.3. The maximum Gasteiger partial charge on any atom is 0.305 e. The number of para-hydroxylation sites is 1. The molecule has 1 aliphatic heterocycles. The van der Waals surface area contributed by atoms with Gasteiger partial charge in [-0.1, -0.05) is 98.2 Å². The van der Waals surface area contributed by atoms with E-state index in [2.05, 4.69) is 89.4 Å². The summed E-state index contributed by atoms with van der Waals surface area (Å²) in [5.41, 5.74) is 19.5. The van der Waals surface area contributed by atoms with Crippen LogP contribution in [0.3, 0.4) is 0 Å². The third-order valence-electron chi connectivity index (χ3n) is 18.6. The standard InChI is InChI=1S/C71H101N21O18S2/c1-8-34(4)56(82-37(7)94)69(109)89-51-31-112-111-30-50(67(107)91-57(36(6)93)59(73)99)88-62(102)45(18-13-21-77-71(74)75)83-64(104)48(25-42-28-76-32-80-42)85-60(100)35(5)81-53(96)29-79-61(101)47(24-41-27-78-44-17-12-11-16-43(41)44)86-65(105)49(26-54(97)98)87-63(103)46(19-20-52(72)95)84-70(110)58(40-22-38-14-9-10-15-39(38)23-40)92-68(108)55(33(2)3)90-66(51)106/h9-12,14-17,27-28,32-36,40,45-51,55-58,78,93H,8,13,18-26,29-31H2,1-7H3,(H2,72,95)(H2,73,99)(H,76,80)(H,79,101)(H,81,96)(H,82,94)(H,83,104)(H,84,110)(H,85,100)(H,86,105)(H,87,103)(H,88,102)(H,89,109)(H,90,106)(H,91,107)(H,92,108)(H,97,98)(H4,74,75,77)/t34-,35-,36+,45-,46-,47-,48-,49-,50-,51-,55-,56-,57-,58+/m0/s1. The number of nitrogens with one attached hydrogen (secondary N) is 17. The van der Waals surface area contributed by atoms with Crippen LogP contribution in [0.5, 0.6) is 0 Å². The molecule has 14 atom stereocenters. The van der Waals surface area contributed by atoms with Crippen molar-refractivity contribution in [1.82, 2.24) is 89.4 Å². The molecular formula is C71H101N21O18S2. The van der Waals surface area contributed by atoms with E-state index in [4.69, 9.17) is 22.6 Å². The van der Waals surface area contributed by atoms with Crippen LogP contribution in [-0.2, 0) is 102 Å². The molecule has 41 heteroatoms. The molecule has 2 aromatic heterocycles. The van der Waals surface area contributed by atoms with Crippen LogP contribution in [0.4, 0.5) is 0 Å². The summed E-state index contributed by atoms with van der Waals surface area (Å²) in [6, 6.07) is -5.72. The molecule has 2 aliphatic rings. The molecule has 39 nitrogen and oxygen atoms in total. The molecule has 0 spiro atoms. The molecule has 2 aromatic carbocycles. The van der Waals surface area contributed by atoms with Gasteiger partial charge in [0.1, 0.15) is 72.5 Å². The Hall–Kier alpha value is -11.4. The number of primary amides is 2. The molecule has 1 aliphatic carbocycles. The number of nitrogens with zero attached hydrogens (tertiary/aromatic N) is 1. The molecule has 15 amide bonds. The molecule has 610 valence electrons. The minimum absolute atomic E-state index is 0.000435. The lowest BCUT2D eigenvalue weighted by atomic mass is 9.93. The lowest BCUT2D eigenvalue weighted by Crippen LogP contribution is -2.62. The van der Waals surface area contributed by atoms with E-state index in [0.717, 1.165) is 39.6 Å². The van der Waals surface area contributed by atoms with Gasteiger partial charge in [-0.25, -0.2) is 4.98 Å². The molecule has 4 aromatic rings. The van der Waals surface area contributed by atoms with Gasteiger partial charge in [0.15, 0.2) is 5.96 Å². The number of aliphatic carboxylic acids is 1. The van der Waals surface area contributed by atoms with Crippen LogP contribution in [0, 0.1) is 23.2 Å². The van der Waals surface area contributed by atoms with Gasteiger partial charge in [-0.2, -0.15) is 0 Å². The first-order valence-corrected chi connectivity index (χ1v) is 38.8. The molecule has 6 rings (SSSR count). The number of aliphatic hydroxyl groups excluding tert-OH is 1. The van der Waals surface area contributed by atoms with Gasteiger partial charge in [-0.05, 0) is 86.5 Å². The number of carboxylic acid groups (broad SMARTS) is 1. The second kappa shape index (κ2) is 43.3. The Balaban J connectivity index is 1.46. The highest BCUT2D eigenvalue weighted by Crippen LogP contribution is 2.30. The van der Waals surface area contributed by atoms with Crippen molar-refractivity contribution in [2.45, 2.75) is 191 Å². The number of imidazole rings is 1. The van der Waals surface area contributed by atoms with E-state index in [9.17, 15) is 72.5 Å². The molecule has 0 radical (unpaired) electrons. The Bertz CT molecular complexity index is 4040. The van der Waals surface area contributed by atoms with E-state index in [0.29, 0.717) is 22.9 Å². The number of amides is 15. The van der Waals surface area contributed by atoms with Crippen molar-refractivity contribution in [2.75, 3.05) is 24.6 Å². The number of aromatic nitrogens is 3. The molecule has 0 unspecified atom stereocenters. The number of aromatic amines is 2. The van der Waals surface area contributed by atoms with E-state index in [1.165, 1.54) is 32.6 Å². The highest BCUT2D eigenvalue weighted by atomic mass is 33.1. The number of benzene rings is 2. The van der Waals surface area contributed by atoms with Crippen molar-refractivity contribution < 1.29 is 86.9 Å². The quantitative estimate of drug-likeness (QED) is 0.0135. The Kier molecular flexibility index (Phi) is 34.6. The third-order valence-corrected chi connectivity index (χ3v) is 21.0. The Labute approximate surface area is 652 Å². The fraction of sp³-hybridized carbons (Fsp3) is 0.521. The smallest absolute Gasteiger partial charge is 0.305 e. The average Bonchev–Trinajstić information content (AvgIpc) is 1.65. The van der Waals surface area contributed by atoms with Crippen molar-refractivity contribution in [1.29, 1.82) is 5.41 Å². The average molecular weight is 1600 g/mol. The number of guanidine groups is 1. The summed E-state index contributed by atoms with van der Waals surface area (Å²) in [7, 11) is 1.66. The van der Waals surface area contributed by atoms with E-state index < -0.39 is 234 Å². The summed E-state index contributed by atoms with van der Waals surface area (Å²) in [6.07, 6.45) is 0.0673. The SMILES string of the molecule is CC[C@H](C)[C@H](NC(C)=O)C(=O)N[C@H]1CSSC[C@@H](C(=O)N[C@H](C(N)=O)[C@@H](C)O)NC(=O)[C@H](CCCNC(=N)N)NC(=O)[C@H](Cc2c[nH]cn2)NC(=O)[C@H](C)NC(=O)CNC(=O)[C@H](Cc2c[nH]c3ccccc23)NC(=O)[C@H](CC(=O)O)NC(=O)[C@H](CCC(N)=O)NC(=O)[C@@H](C2Cc3ccccc3C2)NC(=O)[C@H](C(C)C)NC1=O. The second-order valence-corrected chi connectivity index (χ2v) is 30.3. The molecule has 1 fully saturated rings. The van der Waals surface area contributed by atoms with Gasteiger partial charge < -0.3 is 112 Å². The summed E-state index contributed by atoms with van der Waals surface area (Å²) in [5.74, 6) is -20.4. The normalized spacial score (nSPS) is 23.4. The topological polar surface area (TPSA) is 628 Å². The highest BCUT2D eigenvalue weighted by molar-refractivity contribution is 8.76. The van der Waals surface area contributed by atoms with Gasteiger partial charge in [0, 0.05) is 67.5 Å². The predicted octanol–water partition coefficient (Wildman–Crippen LogP) is -4.97. The number of nitrogens with two attached hydrogens (primary N) is 3. The van der Waals surface area contributed by atoms with Crippen LogP contribution in [0.15, 0.2) is 67.3 Å². The number of rotatable bonds is 24. The molecule has 1 saturated heterocycles. The van der Waals surface area contributed by atoms with Crippen LogP contribution in [0.25, 0.3) is 10.9 Å². The Morgan fingerprint density at radius 3 is 1.88 bits per heavy atom. The van der Waals surface area contributed by atoms with E-state index in [1.54, 1.807) is 76.2 Å². The highest BCUT2D eigenvalue weighted by Gasteiger charge is 2.42. The lowest BCUT2D eigenvalue weighted by molar-refractivity contribution is -0.141. The minimum atomic E-state index is -2.04. The van der Waals surface area contributed by atoms with Crippen molar-refractivity contribution in [3.05, 3.63) is 89.6 Å². The Morgan fingerprint density at radius 2 is 1.26 bits per heavy atom. The fourth-order valence-corrected chi connectivity index (χ4v) is 14.6. The van der Waals surface area contributed by atoms with Crippen molar-refractivity contribution in [3.63, 3.8) is 0 Å². The van der Waals surface area contributed by atoms with Gasteiger partial charge in [-0.15, -0.1) is 0 Å². The summed E-state index contributed by atoms with van der Waals surface area (Å²) in [4.78, 5) is 235. The number of H-pyrrole nitrogens is 2. The molecule has 0 saturated carbocycles. The molecular weight excluding hydrogens is 1500 g/mol. The van der Waals surface area contributed by atoms with Crippen molar-refractivity contribution >= 4 is 133 Å². The molecule has 112 heavy (non-hydrogen) atoms. The molecule has 25 N–H and O–H groups in total. The summed E-state index contributed by atoms with van der Waals surface area (Å²) in [5, 5.41) is 64.6. The van der Waals surface area contributed by atoms with Gasteiger partial charge in [0.2, 0.25) is 88.6 Å². The largest absolute Gasteiger partial charge is 0.481 e. The summed E-state index contributed by atoms with van der Waals surface area (Å²) in [6.45, 7) is 9.17. The number of fused-ring (bicyclic) bond motifs is 2. The number of carboxylic acids is 1. The lowest BCUT2D eigenvalue weighted by Gasteiger charge is -2.31. The van der Waals surface area contributed by atoms with Crippen LogP contribution in [0.2, 0.25) is 0 Å². The van der Waals surface area contributed by atoms with E-state index >= 15 is 14.4 Å². The zero-order valence-electron chi connectivity index (χ0n) is 62.9. The molecule has 3 heterocycles. The predicted molar refractivity (Wildman–Crippen MR) is 409 cm³/mol. The van der Waals surface area contributed by atoms with Gasteiger partial charge in [0.25, 0.3) is 0 Å². The third kappa shape index (κ3) is 27.6. The Morgan fingerprint density at radius 1 is 0.661 bits per heavy atom. The number of hydrogen-bond donors (Lipinski definition) is 22. The zero-order chi connectivity index (χ0) is 82.6. The number of aliphatic hydroxyl groups is 1. The second-order valence-electron chi connectivity index (χ2n) is 27.8. The van der Waals surface area contributed by atoms with Crippen LogP contribution in [0.1, 0.15) is 109 Å². The summed E-state index contributed by atoms with van der Waals surface area (Å²) < 4.78 is 0. The summed E-state index contributed by atoms with van der Waals surface area (Å²) >= 11 is 0. The van der Waals surface area contributed by atoms with Gasteiger partial charge >= 0.3 is 5.97 Å². The minimum Gasteiger partial charge on any atom is -0.481 e.